The largest absolute Gasteiger partial charge is 0.353 e. The molecule has 0 saturated carbocycles. The smallest absolute Gasteiger partial charge is 0.159 e. The van der Waals surface area contributed by atoms with Crippen molar-refractivity contribution in [1.82, 2.24) is 9.55 Å². The summed E-state index contributed by atoms with van der Waals surface area (Å²) >= 11 is 0. The van der Waals surface area contributed by atoms with E-state index in [1.54, 1.807) is 0 Å². The SMILES string of the molecule is CCOC(CCn1ccnc1CC)OCC. The second kappa shape index (κ2) is 7.41. The van der Waals surface area contributed by atoms with Crippen LogP contribution in [0.5, 0.6) is 0 Å². The molecule has 1 aromatic heterocycles. The van der Waals surface area contributed by atoms with Gasteiger partial charge in [0.15, 0.2) is 6.29 Å². The molecule has 0 aliphatic heterocycles. The maximum Gasteiger partial charge on any atom is 0.159 e. The lowest BCUT2D eigenvalue weighted by molar-refractivity contribution is -0.140. The normalized spacial score (nSPS) is 11.2. The molecule has 92 valence electrons. The van der Waals surface area contributed by atoms with E-state index in [9.17, 15) is 0 Å². The van der Waals surface area contributed by atoms with Crippen LogP contribution in [0.3, 0.4) is 0 Å². The highest BCUT2D eigenvalue weighted by Crippen LogP contribution is 2.06. The van der Waals surface area contributed by atoms with Gasteiger partial charge in [-0.2, -0.15) is 0 Å². The Hall–Kier alpha value is -0.870. The summed E-state index contributed by atoms with van der Waals surface area (Å²) in [4.78, 5) is 4.29. The highest BCUT2D eigenvalue weighted by molar-refractivity contribution is 4.91. The summed E-state index contributed by atoms with van der Waals surface area (Å²) in [5.41, 5.74) is 0. The number of aryl methyl sites for hydroxylation is 2. The van der Waals surface area contributed by atoms with Gasteiger partial charge < -0.3 is 14.0 Å². The van der Waals surface area contributed by atoms with Crippen molar-refractivity contribution in [3.8, 4) is 0 Å². The summed E-state index contributed by atoms with van der Waals surface area (Å²) in [6.07, 6.45) is 5.58. The van der Waals surface area contributed by atoms with Gasteiger partial charge >= 0.3 is 0 Å². The number of hydrogen-bond donors (Lipinski definition) is 0. The molecule has 4 heteroatoms. The molecule has 0 aliphatic carbocycles. The Kier molecular flexibility index (Phi) is 6.11. The molecule has 0 unspecified atom stereocenters. The van der Waals surface area contributed by atoms with Crippen LogP contribution in [0.4, 0.5) is 0 Å². The van der Waals surface area contributed by atoms with E-state index in [2.05, 4.69) is 16.5 Å². The second-order valence-corrected chi connectivity index (χ2v) is 3.52. The van der Waals surface area contributed by atoms with E-state index < -0.39 is 0 Å². The van der Waals surface area contributed by atoms with Gasteiger partial charge in [0, 0.05) is 45.0 Å². The van der Waals surface area contributed by atoms with E-state index in [4.69, 9.17) is 9.47 Å². The Morgan fingerprint density at radius 1 is 1.25 bits per heavy atom. The molecule has 0 aliphatic rings. The van der Waals surface area contributed by atoms with Crippen LogP contribution in [0.25, 0.3) is 0 Å². The molecule has 0 aromatic carbocycles. The zero-order valence-electron chi connectivity index (χ0n) is 10.5. The summed E-state index contributed by atoms with van der Waals surface area (Å²) in [5, 5.41) is 0. The third-order valence-corrected chi connectivity index (χ3v) is 2.43. The fourth-order valence-electron chi connectivity index (χ4n) is 1.69. The van der Waals surface area contributed by atoms with E-state index in [-0.39, 0.29) is 6.29 Å². The molecule has 0 spiro atoms. The highest BCUT2D eigenvalue weighted by Gasteiger charge is 2.09. The first-order valence-electron chi connectivity index (χ1n) is 6.05. The average molecular weight is 226 g/mol. The molecule has 0 amide bonds. The van der Waals surface area contributed by atoms with E-state index in [0.29, 0.717) is 13.2 Å². The van der Waals surface area contributed by atoms with Gasteiger partial charge in [-0.15, -0.1) is 0 Å². The topological polar surface area (TPSA) is 36.3 Å². The molecule has 0 N–H and O–H groups in total. The Bertz CT molecular complexity index is 280. The van der Waals surface area contributed by atoms with Crippen LogP contribution in [-0.4, -0.2) is 29.1 Å². The summed E-state index contributed by atoms with van der Waals surface area (Å²) < 4.78 is 13.2. The van der Waals surface area contributed by atoms with Gasteiger partial charge in [0.25, 0.3) is 0 Å². The molecule has 16 heavy (non-hydrogen) atoms. The molecule has 0 radical (unpaired) electrons. The van der Waals surface area contributed by atoms with Crippen molar-refractivity contribution in [1.29, 1.82) is 0 Å². The van der Waals surface area contributed by atoms with Crippen molar-refractivity contribution in [3.05, 3.63) is 18.2 Å². The number of rotatable bonds is 8. The minimum atomic E-state index is -0.0953. The maximum atomic E-state index is 5.50. The van der Waals surface area contributed by atoms with Gasteiger partial charge in [0.05, 0.1) is 0 Å². The first-order valence-corrected chi connectivity index (χ1v) is 6.05. The van der Waals surface area contributed by atoms with Crippen molar-refractivity contribution in [2.45, 2.75) is 46.4 Å². The minimum Gasteiger partial charge on any atom is -0.353 e. The van der Waals surface area contributed by atoms with Crippen LogP contribution < -0.4 is 0 Å². The second-order valence-electron chi connectivity index (χ2n) is 3.52. The molecule has 1 rings (SSSR count). The van der Waals surface area contributed by atoms with Crippen LogP contribution in [0.15, 0.2) is 12.4 Å². The van der Waals surface area contributed by atoms with E-state index >= 15 is 0 Å². The van der Waals surface area contributed by atoms with Gasteiger partial charge in [-0.25, -0.2) is 4.98 Å². The number of aromatic nitrogens is 2. The lowest BCUT2D eigenvalue weighted by atomic mass is 10.3. The Balaban J connectivity index is 2.41. The molecule has 4 nitrogen and oxygen atoms in total. The quantitative estimate of drug-likeness (QED) is 0.638. The maximum absolute atomic E-state index is 5.50. The van der Waals surface area contributed by atoms with Gasteiger partial charge in [0.2, 0.25) is 0 Å². The van der Waals surface area contributed by atoms with E-state index in [1.807, 2.05) is 26.2 Å². The van der Waals surface area contributed by atoms with Crippen molar-refractivity contribution in [2.24, 2.45) is 0 Å². The standard InChI is InChI=1S/C12H22N2O2/c1-4-11-13-8-10-14(11)9-7-12(15-5-2)16-6-3/h8,10,12H,4-7,9H2,1-3H3. The molecule has 0 fully saturated rings. The number of hydrogen-bond acceptors (Lipinski definition) is 3. The lowest BCUT2D eigenvalue weighted by Gasteiger charge is -2.17. The average Bonchev–Trinajstić information content (AvgIpc) is 2.74. The molecule has 0 bridgehead atoms. The summed E-state index contributed by atoms with van der Waals surface area (Å²) in [6.45, 7) is 8.36. The van der Waals surface area contributed by atoms with Crippen LogP contribution >= 0.6 is 0 Å². The molecule has 1 heterocycles. The minimum absolute atomic E-state index is 0.0953. The third kappa shape index (κ3) is 3.94. The van der Waals surface area contributed by atoms with Gasteiger partial charge in [0.1, 0.15) is 5.82 Å². The number of ether oxygens (including phenoxy) is 2. The molecule has 0 atom stereocenters. The fraction of sp³-hybridized carbons (Fsp3) is 0.750. The van der Waals surface area contributed by atoms with Crippen LogP contribution in [0.2, 0.25) is 0 Å². The molecular formula is C12H22N2O2. The first-order chi connectivity index (χ1) is 7.81. The lowest BCUT2D eigenvalue weighted by Crippen LogP contribution is -2.20. The van der Waals surface area contributed by atoms with E-state index in [1.165, 1.54) is 0 Å². The zero-order valence-corrected chi connectivity index (χ0v) is 10.5. The van der Waals surface area contributed by atoms with Crippen LogP contribution in [-0.2, 0) is 22.4 Å². The predicted octanol–water partition coefficient (Wildman–Crippen LogP) is 2.23. The third-order valence-electron chi connectivity index (χ3n) is 2.43. The zero-order chi connectivity index (χ0) is 11.8. The predicted molar refractivity (Wildman–Crippen MR) is 63.3 cm³/mol. The van der Waals surface area contributed by atoms with Crippen molar-refractivity contribution in [2.75, 3.05) is 13.2 Å². The highest BCUT2D eigenvalue weighted by atomic mass is 16.7. The Morgan fingerprint density at radius 3 is 2.50 bits per heavy atom. The monoisotopic (exact) mass is 226 g/mol. The van der Waals surface area contributed by atoms with E-state index in [0.717, 1.165) is 25.2 Å². The van der Waals surface area contributed by atoms with Gasteiger partial charge in [-0.1, -0.05) is 6.92 Å². The first kappa shape index (κ1) is 13.2. The summed E-state index contributed by atoms with van der Waals surface area (Å²) in [7, 11) is 0. The molecular weight excluding hydrogens is 204 g/mol. The summed E-state index contributed by atoms with van der Waals surface area (Å²) in [5.74, 6) is 1.12. The summed E-state index contributed by atoms with van der Waals surface area (Å²) in [6, 6.07) is 0. The number of nitrogens with zero attached hydrogens (tertiary/aromatic N) is 2. The van der Waals surface area contributed by atoms with Crippen LogP contribution in [0.1, 0.15) is 33.0 Å². The molecule has 0 saturated heterocycles. The Morgan fingerprint density at radius 2 is 1.94 bits per heavy atom. The van der Waals surface area contributed by atoms with Crippen molar-refractivity contribution in [3.63, 3.8) is 0 Å². The van der Waals surface area contributed by atoms with Crippen molar-refractivity contribution < 1.29 is 9.47 Å². The number of imidazole rings is 1. The Labute approximate surface area is 97.6 Å². The van der Waals surface area contributed by atoms with Crippen LogP contribution in [0, 0.1) is 0 Å². The fourth-order valence-corrected chi connectivity index (χ4v) is 1.69. The van der Waals surface area contributed by atoms with Gasteiger partial charge in [-0.3, -0.25) is 0 Å². The molecule has 1 aromatic rings. The van der Waals surface area contributed by atoms with Crippen molar-refractivity contribution >= 4 is 0 Å². The van der Waals surface area contributed by atoms with Gasteiger partial charge in [-0.05, 0) is 13.8 Å².